The van der Waals surface area contributed by atoms with Gasteiger partial charge in [-0.15, -0.1) is 0 Å². The Morgan fingerprint density at radius 1 is 1.22 bits per heavy atom. The standard InChI is InChI=1S/C12H18BrNO3S/c1-3-9-14(10-8-13)18(15,16)12-6-4-11(17-2)5-7-12/h4-7H,3,8-10H2,1-2H3. The number of ether oxygens (including phenoxy) is 1. The molecule has 0 bridgehead atoms. The van der Waals surface area contributed by atoms with Gasteiger partial charge in [-0.3, -0.25) is 0 Å². The number of halogens is 1. The summed E-state index contributed by atoms with van der Waals surface area (Å²) in [5.74, 6) is 0.650. The topological polar surface area (TPSA) is 46.6 Å². The molecule has 1 rings (SSSR count). The summed E-state index contributed by atoms with van der Waals surface area (Å²) in [4.78, 5) is 0.303. The highest BCUT2D eigenvalue weighted by molar-refractivity contribution is 9.09. The lowest BCUT2D eigenvalue weighted by molar-refractivity contribution is 0.413. The van der Waals surface area contributed by atoms with Crippen LogP contribution in [-0.4, -0.2) is 38.3 Å². The Hall–Kier alpha value is -0.590. The summed E-state index contributed by atoms with van der Waals surface area (Å²) < 4.78 is 31.3. The minimum atomic E-state index is -3.40. The van der Waals surface area contributed by atoms with E-state index >= 15 is 0 Å². The van der Waals surface area contributed by atoms with Crippen LogP contribution in [0.1, 0.15) is 13.3 Å². The Bertz CT molecular complexity index is 453. The van der Waals surface area contributed by atoms with E-state index in [1.807, 2.05) is 6.92 Å². The molecule has 0 radical (unpaired) electrons. The van der Waals surface area contributed by atoms with Crippen LogP contribution >= 0.6 is 15.9 Å². The van der Waals surface area contributed by atoms with E-state index in [2.05, 4.69) is 15.9 Å². The van der Waals surface area contributed by atoms with Crippen molar-refractivity contribution in [1.29, 1.82) is 0 Å². The molecule has 1 aromatic carbocycles. The lowest BCUT2D eigenvalue weighted by atomic mass is 10.3. The third kappa shape index (κ3) is 3.70. The zero-order chi connectivity index (χ0) is 13.6. The molecule has 0 saturated heterocycles. The smallest absolute Gasteiger partial charge is 0.243 e. The first-order valence-electron chi connectivity index (χ1n) is 5.76. The van der Waals surface area contributed by atoms with Crippen molar-refractivity contribution >= 4 is 26.0 Å². The average Bonchev–Trinajstić information content (AvgIpc) is 2.38. The van der Waals surface area contributed by atoms with Crippen LogP contribution < -0.4 is 4.74 Å². The predicted octanol–water partition coefficient (Wildman–Crippen LogP) is 2.49. The molecule has 6 heteroatoms. The summed E-state index contributed by atoms with van der Waals surface area (Å²) in [6.07, 6.45) is 0.794. The second kappa shape index (κ2) is 7.11. The largest absolute Gasteiger partial charge is 0.497 e. The van der Waals surface area contributed by atoms with Crippen LogP contribution in [0.3, 0.4) is 0 Å². The Kier molecular flexibility index (Phi) is 6.11. The number of alkyl halides is 1. The Labute approximate surface area is 117 Å². The van der Waals surface area contributed by atoms with Gasteiger partial charge in [0.2, 0.25) is 10.0 Å². The summed E-state index contributed by atoms with van der Waals surface area (Å²) in [6.45, 7) is 2.97. The van der Waals surface area contributed by atoms with Gasteiger partial charge in [-0.25, -0.2) is 8.42 Å². The molecule has 0 aromatic heterocycles. The molecular formula is C12H18BrNO3S. The number of nitrogens with zero attached hydrogens (tertiary/aromatic N) is 1. The molecule has 0 aliphatic carbocycles. The SMILES string of the molecule is CCCN(CCBr)S(=O)(=O)c1ccc(OC)cc1. The summed E-state index contributed by atoms with van der Waals surface area (Å²) >= 11 is 3.28. The maximum atomic E-state index is 12.4. The zero-order valence-electron chi connectivity index (χ0n) is 10.6. The zero-order valence-corrected chi connectivity index (χ0v) is 13.0. The lowest BCUT2D eigenvalue weighted by Crippen LogP contribution is -2.33. The van der Waals surface area contributed by atoms with E-state index in [9.17, 15) is 8.42 Å². The van der Waals surface area contributed by atoms with Gasteiger partial charge in [0.1, 0.15) is 5.75 Å². The van der Waals surface area contributed by atoms with E-state index in [1.54, 1.807) is 31.4 Å². The van der Waals surface area contributed by atoms with E-state index in [4.69, 9.17) is 4.74 Å². The lowest BCUT2D eigenvalue weighted by Gasteiger charge is -2.20. The van der Waals surface area contributed by atoms with Gasteiger partial charge in [0, 0.05) is 18.4 Å². The van der Waals surface area contributed by atoms with Crippen LogP contribution in [-0.2, 0) is 10.0 Å². The summed E-state index contributed by atoms with van der Waals surface area (Å²) in [6, 6.07) is 6.46. The molecule has 102 valence electrons. The first-order valence-corrected chi connectivity index (χ1v) is 8.32. The highest BCUT2D eigenvalue weighted by Crippen LogP contribution is 2.19. The summed E-state index contributed by atoms with van der Waals surface area (Å²) in [7, 11) is -1.85. The Morgan fingerprint density at radius 3 is 2.28 bits per heavy atom. The van der Waals surface area contributed by atoms with E-state index in [-0.39, 0.29) is 0 Å². The fraction of sp³-hybridized carbons (Fsp3) is 0.500. The number of methoxy groups -OCH3 is 1. The fourth-order valence-corrected chi connectivity index (χ4v) is 3.79. The van der Waals surface area contributed by atoms with Crippen LogP contribution in [0.4, 0.5) is 0 Å². The quantitative estimate of drug-likeness (QED) is 0.719. The van der Waals surface area contributed by atoms with E-state index in [0.717, 1.165) is 6.42 Å². The molecule has 0 fully saturated rings. The maximum Gasteiger partial charge on any atom is 0.243 e. The average molecular weight is 336 g/mol. The number of benzene rings is 1. The van der Waals surface area contributed by atoms with Crippen LogP contribution in [0.15, 0.2) is 29.2 Å². The minimum absolute atomic E-state index is 0.303. The molecule has 0 aliphatic heterocycles. The normalized spacial score (nSPS) is 11.8. The number of hydrogen-bond donors (Lipinski definition) is 0. The van der Waals surface area contributed by atoms with E-state index in [0.29, 0.717) is 29.1 Å². The highest BCUT2D eigenvalue weighted by Gasteiger charge is 2.22. The van der Waals surface area contributed by atoms with Crippen molar-refractivity contribution < 1.29 is 13.2 Å². The van der Waals surface area contributed by atoms with E-state index in [1.165, 1.54) is 4.31 Å². The molecule has 0 heterocycles. The third-order valence-corrected chi connectivity index (χ3v) is 4.77. The second-order valence-electron chi connectivity index (χ2n) is 3.77. The Balaban J connectivity index is 3.01. The third-order valence-electron chi connectivity index (χ3n) is 2.50. The van der Waals surface area contributed by atoms with Gasteiger partial charge in [-0.05, 0) is 30.7 Å². The predicted molar refractivity (Wildman–Crippen MR) is 75.8 cm³/mol. The first-order chi connectivity index (χ1) is 8.56. The molecule has 1 aromatic rings. The van der Waals surface area contributed by atoms with Crippen molar-refractivity contribution in [1.82, 2.24) is 4.31 Å². The molecule has 0 spiro atoms. The molecule has 0 N–H and O–H groups in total. The van der Waals surface area contributed by atoms with Gasteiger partial charge < -0.3 is 4.74 Å². The van der Waals surface area contributed by atoms with Crippen molar-refractivity contribution in [2.75, 3.05) is 25.5 Å². The minimum Gasteiger partial charge on any atom is -0.497 e. The fourth-order valence-electron chi connectivity index (χ4n) is 1.59. The molecule has 0 amide bonds. The molecule has 0 unspecified atom stereocenters. The van der Waals surface area contributed by atoms with Gasteiger partial charge in [0.05, 0.1) is 12.0 Å². The number of sulfonamides is 1. The van der Waals surface area contributed by atoms with Crippen LogP contribution in [0.25, 0.3) is 0 Å². The summed E-state index contributed by atoms with van der Waals surface area (Å²) in [5.41, 5.74) is 0. The van der Waals surface area contributed by atoms with Gasteiger partial charge >= 0.3 is 0 Å². The van der Waals surface area contributed by atoms with Crippen molar-refractivity contribution in [2.45, 2.75) is 18.2 Å². The highest BCUT2D eigenvalue weighted by atomic mass is 79.9. The number of rotatable bonds is 7. The Morgan fingerprint density at radius 2 is 1.83 bits per heavy atom. The van der Waals surface area contributed by atoms with Crippen molar-refractivity contribution in [3.63, 3.8) is 0 Å². The number of hydrogen-bond acceptors (Lipinski definition) is 3. The molecule has 0 saturated carbocycles. The van der Waals surface area contributed by atoms with Gasteiger partial charge in [0.25, 0.3) is 0 Å². The van der Waals surface area contributed by atoms with Crippen molar-refractivity contribution in [3.05, 3.63) is 24.3 Å². The van der Waals surface area contributed by atoms with E-state index < -0.39 is 10.0 Å². The second-order valence-corrected chi connectivity index (χ2v) is 6.50. The van der Waals surface area contributed by atoms with Crippen molar-refractivity contribution in [2.24, 2.45) is 0 Å². The van der Waals surface area contributed by atoms with Gasteiger partial charge in [-0.2, -0.15) is 4.31 Å². The molecule has 18 heavy (non-hydrogen) atoms. The molecule has 0 atom stereocenters. The molecule has 4 nitrogen and oxygen atoms in total. The molecular weight excluding hydrogens is 318 g/mol. The van der Waals surface area contributed by atoms with Crippen LogP contribution in [0, 0.1) is 0 Å². The maximum absolute atomic E-state index is 12.4. The van der Waals surface area contributed by atoms with Gasteiger partial charge in [-0.1, -0.05) is 22.9 Å². The van der Waals surface area contributed by atoms with Crippen LogP contribution in [0.2, 0.25) is 0 Å². The summed E-state index contributed by atoms with van der Waals surface area (Å²) in [5, 5.41) is 0.627. The van der Waals surface area contributed by atoms with Gasteiger partial charge in [0.15, 0.2) is 0 Å². The monoisotopic (exact) mass is 335 g/mol. The van der Waals surface area contributed by atoms with Crippen LogP contribution in [0.5, 0.6) is 5.75 Å². The first kappa shape index (κ1) is 15.5. The molecule has 0 aliphatic rings. The van der Waals surface area contributed by atoms with Crippen molar-refractivity contribution in [3.8, 4) is 5.75 Å².